The second-order valence-electron chi connectivity index (χ2n) is 16.2. The highest BCUT2D eigenvalue weighted by molar-refractivity contribution is 6.38. The molecule has 0 aliphatic carbocycles. The van der Waals surface area contributed by atoms with Crippen molar-refractivity contribution in [2.24, 2.45) is 5.92 Å². The lowest BCUT2D eigenvalue weighted by Gasteiger charge is -2.38. The van der Waals surface area contributed by atoms with Crippen molar-refractivity contribution in [3.05, 3.63) is 104 Å². The van der Waals surface area contributed by atoms with Crippen LogP contribution in [-0.4, -0.2) is 87.3 Å². The molecule has 0 spiro atoms. The van der Waals surface area contributed by atoms with Gasteiger partial charge in [-0.1, -0.05) is 60.3 Å². The van der Waals surface area contributed by atoms with Crippen LogP contribution in [0.2, 0.25) is 15.1 Å². The first-order valence-corrected chi connectivity index (χ1v) is 22.1. The maximum absolute atomic E-state index is 13.0. The summed E-state index contributed by atoms with van der Waals surface area (Å²) in [6, 6.07) is 21.3. The zero-order valence-electron chi connectivity index (χ0n) is 35.1. The number of nitrogens with zero attached hydrogens (tertiary/aromatic N) is 4. The number of amides is 2. The van der Waals surface area contributed by atoms with E-state index in [1.54, 1.807) is 42.2 Å². The number of hydrogen-bond acceptors (Lipinski definition) is 8. The zero-order valence-corrected chi connectivity index (χ0v) is 37.4. The maximum Gasteiger partial charge on any atom is 0.260 e. The molecule has 0 radical (unpaired) electrons. The maximum atomic E-state index is 13.0. The minimum absolute atomic E-state index is 0.0795. The molecule has 2 amide bonds. The van der Waals surface area contributed by atoms with Crippen molar-refractivity contribution in [1.82, 2.24) is 9.80 Å². The molecule has 4 aromatic rings. The van der Waals surface area contributed by atoms with E-state index in [-0.39, 0.29) is 11.8 Å². The van der Waals surface area contributed by atoms with Gasteiger partial charge in [0.15, 0.2) is 23.0 Å². The van der Waals surface area contributed by atoms with Crippen LogP contribution in [0.15, 0.2) is 66.7 Å². The standard InChI is InChI=1S/C24H28Cl2N2O3.C23H27ClN2O3/c1-15-5-4-6-16(2)27(15)9-10-31-22-13-19(7-8-21(22)30-3)28-14-17-11-18(25)12-20(26)23(17)24(28)29;1-16-8-10-25(11-9-16)12-13-29-21-14-18(6-7-20(21)28-2)26-15-17-4-3-5-19(24)22(17)23(26)27/h7-8,11-13,15-16H,4-6,9-10,14H2,1-3H3;3-7,14,16H,8-13,15H2,1-2H3/t15-,16+;. The third kappa shape index (κ3) is 9.79. The van der Waals surface area contributed by atoms with Crippen LogP contribution < -0.4 is 28.7 Å². The Kier molecular flexibility index (Phi) is 14.4. The second-order valence-corrected chi connectivity index (χ2v) is 17.5. The number of benzene rings is 4. The molecule has 4 aliphatic rings. The fourth-order valence-corrected chi connectivity index (χ4v) is 9.63. The van der Waals surface area contributed by atoms with Crippen LogP contribution in [0, 0.1) is 5.92 Å². The van der Waals surface area contributed by atoms with Gasteiger partial charge in [-0.2, -0.15) is 0 Å². The van der Waals surface area contributed by atoms with Crippen molar-refractivity contribution in [2.75, 3.05) is 63.4 Å². The Bertz CT molecular complexity index is 2170. The Morgan fingerprint density at radius 1 is 0.617 bits per heavy atom. The van der Waals surface area contributed by atoms with Crippen molar-refractivity contribution >= 4 is 58.0 Å². The molecule has 10 nitrogen and oxygen atoms in total. The molecule has 0 aromatic heterocycles. The first-order chi connectivity index (χ1) is 28.9. The molecule has 2 fully saturated rings. The SMILES string of the molecule is COc1ccc(N2Cc3cc(Cl)cc(Cl)c3C2=O)cc1OCCN1[C@H](C)CCC[C@@H]1C.COc1ccc(N2Cc3cccc(Cl)c3C2=O)cc1OCCN1CCC(C)CC1. The minimum Gasteiger partial charge on any atom is -0.493 e. The highest BCUT2D eigenvalue weighted by atomic mass is 35.5. The fraction of sp³-hybridized carbons (Fsp3) is 0.447. The average molecular weight is 878 g/mol. The summed E-state index contributed by atoms with van der Waals surface area (Å²) >= 11 is 18.7. The largest absolute Gasteiger partial charge is 0.493 e. The minimum atomic E-state index is -0.135. The number of ether oxygens (including phenoxy) is 4. The molecular formula is C47H55Cl3N4O6. The third-order valence-electron chi connectivity index (χ3n) is 12.3. The Balaban J connectivity index is 0.000000182. The number of piperidine rings is 2. The third-order valence-corrected chi connectivity index (χ3v) is 13.1. The van der Waals surface area contributed by atoms with E-state index in [1.807, 2.05) is 48.5 Å². The summed E-state index contributed by atoms with van der Waals surface area (Å²) in [5.74, 6) is 3.21. The number of likely N-dealkylation sites (tertiary alicyclic amines) is 2. The van der Waals surface area contributed by atoms with Gasteiger partial charge in [0.1, 0.15) is 13.2 Å². The first kappa shape index (κ1) is 43.9. The molecule has 320 valence electrons. The van der Waals surface area contributed by atoms with Crippen molar-refractivity contribution in [3.63, 3.8) is 0 Å². The highest BCUT2D eigenvalue weighted by Gasteiger charge is 2.33. The number of anilines is 2. The molecular weight excluding hydrogens is 823 g/mol. The van der Waals surface area contributed by atoms with Gasteiger partial charge in [-0.05, 0) is 112 Å². The first-order valence-electron chi connectivity index (χ1n) is 20.9. The summed E-state index contributed by atoms with van der Waals surface area (Å²) in [6.45, 7) is 13.0. The van der Waals surface area contributed by atoms with Gasteiger partial charge in [0, 0.05) is 53.7 Å². The summed E-state index contributed by atoms with van der Waals surface area (Å²) in [5.41, 5.74) is 4.40. The van der Waals surface area contributed by atoms with Gasteiger partial charge in [-0.15, -0.1) is 0 Å². The number of fused-ring (bicyclic) bond motifs is 2. The fourth-order valence-electron chi connectivity index (χ4n) is 8.74. The molecule has 13 heteroatoms. The van der Waals surface area contributed by atoms with Gasteiger partial charge in [-0.3, -0.25) is 19.4 Å². The van der Waals surface area contributed by atoms with Crippen molar-refractivity contribution in [3.8, 4) is 23.0 Å². The van der Waals surface area contributed by atoms with E-state index in [4.69, 9.17) is 53.8 Å². The van der Waals surface area contributed by atoms with Crippen LogP contribution in [-0.2, 0) is 13.1 Å². The van der Waals surface area contributed by atoms with E-state index >= 15 is 0 Å². The predicted molar refractivity (Wildman–Crippen MR) is 240 cm³/mol. The Hall–Kier alpha value is -4.19. The van der Waals surface area contributed by atoms with Gasteiger partial charge < -0.3 is 28.7 Å². The average Bonchev–Trinajstić information content (AvgIpc) is 3.76. The zero-order chi connectivity index (χ0) is 42.5. The van der Waals surface area contributed by atoms with E-state index in [0.29, 0.717) is 87.6 Å². The van der Waals surface area contributed by atoms with Crippen LogP contribution in [0.4, 0.5) is 11.4 Å². The van der Waals surface area contributed by atoms with Gasteiger partial charge in [0.05, 0.1) is 48.5 Å². The number of rotatable bonds is 12. The summed E-state index contributed by atoms with van der Waals surface area (Å²) in [7, 11) is 3.25. The number of halogens is 3. The van der Waals surface area contributed by atoms with Gasteiger partial charge in [0.25, 0.3) is 11.8 Å². The van der Waals surface area contributed by atoms with Crippen LogP contribution in [0.3, 0.4) is 0 Å². The quantitative estimate of drug-likeness (QED) is 0.139. The van der Waals surface area contributed by atoms with E-state index in [9.17, 15) is 9.59 Å². The normalized spacial score (nSPS) is 19.5. The Morgan fingerprint density at radius 3 is 1.73 bits per heavy atom. The monoisotopic (exact) mass is 876 g/mol. The topological polar surface area (TPSA) is 84.0 Å². The second kappa shape index (κ2) is 19.7. The molecule has 0 unspecified atom stereocenters. The Labute approximate surface area is 369 Å². The van der Waals surface area contributed by atoms with Crippen LogP contribution in [0.1, 0.15) is 84.7 Å². The van der Waals surface area contributed by atoms with Gasteiger partial charge in [0.2, 0.25) is 0 Å². The number of hydrogen-bond donors (Lipinski definition) is 0. The van der Waals surface area contributed by atoms with E-state index in [0.717, 1.165) is 54.6 Å². The Morgan fingerprint density at radius 2 is 1.17 bits per heavy atom. The van der Waals surface area contributed by atoms with Crippen molar-refractivity contribution < 1.29 is 28.5 Å². The number of carbonyl (C=O) groups is 2. The molecule has 0 saturated carbocycles. The van der Waals surface area contributed by atoms with Crippen molar-refractivity contribution in [2.45, 2.75) is 78.0 Å². The molecule has 4 aromatic carbocycles. The summed E-state index contributed by atoms with van der Waals surface area (Å²) < 4.78 is 23.1. The lowest BCUT2D eigenvalue weighted by atomic mass is 9.98. The number of methoxy groups -OCH3 is 2. The number of carbonyl (C=O) groups excluding carboxylic acids is 2. The molecule has 4 heterocycles. The van der Waals surface area contributed by atoms with Gasteiger partial charge in [-0.25, -0.2) is 0 Å². The van der Waals surface area contributed by atoms with Crippen LogP contribution in [0.25, 0.3) is 0 Å². The molecule has 2 atom stereocenters. The van der Waals surface area contributed by atoms with Crippen LogP contribution >= 0.6 is 34.8 Å². The van der Waals surface area contributed by atoms with E-state index < -0.39 is 0 Å². The molecule has 8 rings (SSSR count). The van der Waals surface area contributed by atoms with Gasteiger partial charge >= 0.3 is 0 Å². The lowest BCUT2D eigenvalue weighted by Crippen LogP contribution is -2.45. The summed E-state index contributed by atoms with van der Waals surface area (Å²) in [5, 5.41) is 1.40. The van der Waals surface area contributed by atoms with E-state index in [2.05, 4.69) is 30.6 Å². The molecule has 2 saturated heterocycles. The highest BCUT2D eigenvalue weighted by Crippen LogP contribution is 2.40. The molecule has 0 bridgehead atoms. The van der Waals surface area contributed by atoms with Crippen molar-refractivity contribution in [1.29, 1.82) is 0 Å². The lowest BCUT2D eigenvalue weighted by molar-refractivity contribution is 0.0845. The molecule has 60 heavy (non-hydrogen) atoms. The van der Waals surface area contributed by atoms with Crippen LogP contribution in [0.5, 0.6) is 23.0 Å². The summed E-state index contributed by atoms with van der Waals surface area (Å²) in [6.07, 6.45) is 6.25. The smallest absolute Gasteiger partial charge is 0.260 e. The van der Waals surface area contributed by atoms with E-state index in [1.165, 1.54) is 32.1 Å². The molecule has 4 aliphatic heterocycles. The molecule has 0 N–H and O–H groups in total. The summed E-state index contributed by atoms with van der Waals surface area (Å²) in [4.78, 5) is 34.3. The predicted octanol–water partition coefficient (Wildman–Crippen LogP) is 10.4.